The van der Waals surface area contributed by atoms with E-state index in [-0.39, 0.29) is 6.04 Å². The van der Waals surface area contributed by atoms with Gasteiger partial charge in [0.1, 0.15) is 0 Å². The summed E-state index contributed by atoms with van der Waals surface area (Å²) in [6, 6.07) is 11.1. The largest absolute Gasteiger partial charge is 0.305 e. The average Bonchev–Trinajstić information content (AvgIpc) is 2.88. The van der Waals surface area contributed by atoms with Crippen LogP contribution >= 0.6 is 11.8 Å². The van der Waals surface area contributed by atoms with Crippen LogP contribution in [0.5, 0.6) is 0 Å². The van der Waals surface area contributed by atoms with Crippen molar-refractivity contribution in [3.8, 4) is 0 Å². The van der Waals surface area contributed by atoms with Gasteiger partial charge in [-0.2, -0.15) is 5.10 Å². The first-order valence-electron chi connectivity index (χ1n) is 7.20. The van der Waals surface area contributed by atoms with Gasteiger partial charge < -0.3 is 5.32 Å². The van der Waals surface area contributed by atoms with Gasteiger partial charge in [0.25, 0.3) is 0 Å². The molecule has 0 saturated heterocycles. The molecule has 2 rings (SSSR count). The predicted molar refractivity (Wildman–Crippen MR) is 86.2 cm³/mol. The van der Waals surface area contributed by atoms with Crippen LogP contribution in [0.3, 0.4) is 0 Å². The lowest BCUT2D eigenvalue weighted by Crippen LogP contribution is -2.23. The molecule has 2 aromatic rings. The molecule has 20 heavy (non-hydrogen) atoms. The predicted octanol–water partition coefficient (Wildman–Crippen LogP) is 3.62. The summed E-state index contributed by atoms with van der Waals surface area (Å²) in [5, 5.41) is 8.13. The lowest BCUT2D eigenvalue weighted by atomic mass is 10.0. The third-order valence-corrected chi connectivity index (χ3v) is 4.05. The van der Waals surface area contributed by atoms with E-state index in [0.29, 0.717) is 0 Å². The zero-order chi connectivity index (χ0) is 14.4. The van der Waals surface area contributed by atoms with Gasteiger partial charge in [0, 0.05) is 18.1 Å². The number of nitrogens with one attached hydrogen (secondary N) is 1. The van der Waals surface area contributed by atoms with Gasteiger partial charge in [-0.25, -0.2) is 0 Å². The number of rotatable bonds is 7. The van der Waals surface area contributed by atoms with Gasteiger partial charge in [-0.1, -0.05) is 26.0 Å². The molecule has 0 amide bonds. The number of benzene rings is 1. The number of aryl methyl sites for hydroxylation is 1. The number of hydrogen-bond donors (Lipinski definition) is 1. The molecule has 1 N–H and O–H groups in total. The Morgan fingerprint density at radius 1 is 1.20 bits per heavy atom. The average molecular weight is 289 g/mol. The van der Waals surface area contributed by atoms with Crippen LogP contribution in [-0.2, 0) is 7.05 Å². The maximum atomic E-state index is 4.55. The SMILES string of the molecule is CCCNC(c1ccc(SCC)cc1)c1ccn(C)n1. The monoisotopic (exact) mass is 289 g/mol. The van der Waals surface area contributed by atoms with Crippen LogP contribution in [0.1, 0.15) is 37.6 Å². The number of thioether (sulfide) groups is 1. The van der Waals surface area contributed by atoms with Crippen molar-refractivity contribution in [2.45, 2.75) is 31.2 Å². The second-order valence-electron chi connectivity index (χ2n) is 4.80. The molecule has 4 heteroatoms. The highest BCUT2D eigenvalue weighted by molar-refractivity contribution is 7.99. The highest BCUT2D eigenvalue weighted by Gasteiger charge is 2.15. The van der Waals surface area contributed by atoms with Gasteiger partial charge in [0.05, 0.1) is 11.7 Å². The van der Waals surface area contributed by atoms with E-state index in [4.69, 9.17) is 0 Å². The van der Waals surface area contributed by atoms with Crippen molar-refractivity contribution in [2.75, 3.05) is 12.3 Å². The van der Waals surface area contributed by atoms with E-state index in [9.17, 15) is 0 Å². The molecule has 1 aromatic carbocycles. The molecule has 0 aliphatic heterocycles. The Labute approximate surface area is 125 Å². The van der Waals surface area contributed by atoms with Crippen LogP contribution in [0.15, 0.2) is 41.4 Å². The highest BCUT2D eigenvalue weighted by Crippen LogP contribution is 2.24. The molecule has 0 radical (unpaired) electrons. The van der Waals surface area contributed by atoms with Crippen LogP contribution in [-0.4, -0.2) is 22.1 Å². The third kappa shape index (κ3) is 3.87. The van der Waals surface area contributed by atoms with Crippen molar-refractivity contribution in [1.82, 2.24) is 15.1 Å². The lowest BCUT2D eigenvalue weighted by Gasteiger charge is -2.17. The summed E-state index contributed by atoms with van der Waals surface area (Å²) >= 11 is 1.87. The van der Waals surface area contributed by atoms with Crippen molar-refractivity contribution in [2.24, 2.45) is 7.05 Å². The van der Waals surface area contributed by atoms with Crippen LogP contribution < -0.4 is 5.32 Å². The van der Waals surface area contributed by atoms with Crippen LogP contribution in [0.2, 0.25) is 0 Å². The Bertz CT molecular complexity index is 519. The van der Waals surface area contributed by atoms with Crippen molar-refractivity contribution < 1.29 is 0 Å². The van der Waals surface area contributed by atoms with Crippen molar-refractivity contribution in [1.29, 1.82) is 0 Å². The first kappa shape index (κ1) is 15.1. The lowest BCUT2D eigenvalue weighted by molar-refractivity contribution is 0.575. The highest BCUT2D eigenvalue weighted by atomic mass is 32.2. The fourth-order valence-electron chi connectivity index (χ4n) is 2.19. The maximum absolute atomic E-state index is 4.55. The molecule has 0 aliphatic carbocycles. The van der Waals surface area contributed by atoms with Gasteiger partial charge in [-0.05, 0) is 42.5 Å². The van der Waals surface area contributed by atoms with Gasteiger partial charge in [-0.15, -0.1) is 11.8 Å². The molecule has 3 nitrogen and oxygen atoms in total. The molecule has 0 fully saturated rings. The smallest absolute Gasteiger partial charge is 0.0839 e. The zero-order valence-corrected chi connectivity index (χ0v) is 13.3. The first-order valence-corrected chi connectivity index (χ1v) is 8.18. The number of nitrogens with zero attached hydrogens (tertiary/aromatic N) is 2. The quantitative estimate of drug-likeness (QED) is 0.790. The van der Waals surface area contributed by atoms with E-state index in [1.54, 1.807) is 0 Å². The van der Waals surface area contributed by atoms with Gasteiger partial charge >= 0.3 is 0 Å². The van der Waals surface area contributed by atoms with Gasteiger partial charge in [0.2, 0.25) is 0 Å². The molecule has 0 bridgehead atoms. The first-order chi connectivity index (χ1) is 9.74. The molecular formula is C16H23N3S. The fraction of sp³-hybridized carbons (Fsp3) is 0.438. The van der Waals surface area contributed by atoms with E-state index >= 15 is 0 Å². The molecule has 1 unspecified atom stereocenters. The molecule has 1 atom stereocenters. The number of hydrogen-bond acceptors (Lipinski definition) is 3. The molecule has 0 saturated carbocycles. The zero-order valence-electron chi connectivity index (χ0n) is 12.5. The fourth-order valence-corrected chi connectivity index (χ4v) is 2.85. The van der Waals surface area contributed by atoms with E-state index in [2.05, 4.69) is 54.6 Å². The second kappa shape index (κ2) is 7.50. The Morgan fingerprint density at radius 2 is 1.95 bits per heavy atom. The van der Waals surface area contributed by atoms with E-state index in [1.165, 1.54) is 10.5 Å². The van der Waals surface area contributed by atoms with E-state index < -0.39 is 0 Å². The minimum atomic E-state index is 0.178. The van der Waals surface area contributed by atoms with Crippen molar-refractivity contribution in [3.63, 3.8) is 0 Å². The third-order valence-electron chi connectivity index (χ3n) is 3.15. The minimum Gasteiger partial charge on any atom is -0.305 e. The molecule has 0 aliphatic rings. The molecule has 0 spiro atoms. The Hall–Kier alpha value is -1.26. The Kier molecular flexibility index (Phi) is 5.68. The van der Waals surface area contributed by atoms with Crippen LogP contribution in [0.25, 0.3) is 0 Å². The molecule has 1 heterocycles. The molecule has 1 aromatic heterocycles. The summed E-state index contributed by atoms with van der Waals surface area (Å²) in [5.74, 6) is 1.11. The molecule has 108 valence electrons. The van der Waals surface area contributed by atoms with E-state index in [1.807, 2.05) is 29.7 Å². The van der Waals surface area contributed by atoms with E-state index in [0.717, 1.165) is 24.4 Å². The summed E-state index contributed by atoms with van der Waals surface area (Å²) in [5.41, 5.74) is 2.36. The van der Waals surface area contributed by atoms with Crippen molar-refractivity contribution >= 4 is 11.8 Å². The summed E-state index contributed by atoms with van der Waals surface area (Å²) in [7, 11) is 1.96. The molecular weight excluding hydrogens is 266 g/mol. The standard InChI is InChI=1S/C16H23N3S/c1-4-11-17-16(15-10-12-19(3)18-15)13-6-8-14(9-7-13)20-5-2/h6-10,12,16-17H,4-5,11H2,1-3H3. The van der Waals surface area contributed by atoms with Crippen LogP contribution in [0.4, 0.5) is 0 Å². The van der Waals surface area contributed by atoms with Crippen LogP contribution in [0, 0.1) is 0 Å². The Balaban J connectivity index is 2.21. The summed E-state index contributed by atoms with van der Waals surface area (Å²) < 4.78 is 1.86. The summed E-state index contributed by atoms with van der Waals surface area (Å²) in [4.78, 5) is 1.33. The maximum Gasteiger partial charge on any atom is 0.0839 e. The Morgan fingerprint density at radius 3 is 2.50 bits per heavy atom. The van der Waals surface area contributed by atoms with Gasteiger partial charge in [0.15, 0.2) is 0 Å². The summed E-state index contributed by atoms with van der Waals surface area (Å²) in [6.07, 6.45) is 3.12. The summed E-state index contributed by atoms with van der Waals surface area (Å²) in [6.45, 7) is 5.36. The van der Waals surface area contributed by atoms with Gasteiger partial charge in [-0.3, -0.25) is 4.68 Å². The topological polar surface area (TPSA) is 29.9 Å². The minimum absolute atomic E-state index is 0.178. The van der Waals surface area contributed by atoms with Crippen molar-refractivity contribution in [3.05, 3.63) is 47.8 Å². The normalized spacial score (nSPS) is 12.6. The second-order valence-corrected chi connectivity index (χ2v) is 6.14. The number of aromatic nitrogens is 2.